The summed E-state index contributed by atoms with van der Waals surface area (Å²) in [6, 6.07) is 4.92. The van der Waals surface area contributed by atoms with Gasteiger partial charge in [-0.1, -0.05) is 27.2 Å². The van der Waals surface area contributed by atoms with Gasteiger partial charge in [0.05, 0.1) is 0 Å². The monoisotopic (exact) mass is 248 g/mol. The van der Waals surface area contributed by atoms with Crippen LogP contribution in [0.5, 0.6) is 0 Å². The van der Waals surface area contributed by atoms with Gasteiger partial charge in [0.1, 0.15) is 0 Å². The number of nitrogens with one attached hydrogen (secondary N) is 1. The third-order valence-corrected chi connectivity index (χ3v) is 3.39. The van der Waals surface area contributed by atoms with Gasteiger partial charge in [-0.05, 0) is 56.8 Å². The molecule has 0 fully saturated rings. The van der Waals surface area contributed by atoms with E-state index in [2.05, 4.69) is 57.1 Å². The highest BCUT2D eigenvalue weighted by atomic mass is 14.9. The van der Waals surface area contributed by atoms with Gasteiger partial charge < -0.3 is 5.32 Å². The van der Waals surface area contributed by atoms with Gasteiger partial charge >= 0.3 is 0 Å². The zero-order valence-electron chi connectivity index (χ0n) is 12.6. The van der Waals surface area contributed by atoms with Crippen molar-refractivity contribution in [3.63, 3.8) is 0 Å². The standard InChI is InChI=1S/C16H28N2/c1-6-8-12(3)16(17-9-7-2)15-10-13(4)18-14(5)11-15/h10-12,16-17H,6-9H2,1-5H3. The molecular formula is C16H28N2. The zero-order valence-corrected chi connectivity index (χ0v) is 12.6. The van der Waals surface area contributed by atoms with Gasteiger partial charge in [-0.2, -0.15) is 0 Å². The van der Waals surface area contributed by atoms with E-state index in [1.807, 2.05) is 0 Å². The molecule has 2 atom stereocenters. The van der Waals surface area contributed by atoms with Crippen LogP contribution in [0.25, 0.3) is 0 Å². The molecule has 18 heavy (non-hydrogen) atoms. The lowest BCUT2D eigenvalue weighted by atomic mass is 9.90. The molecule has 0 aliphatic heterocycles. The minimum absolute atomic E-state index is 0.463. The van der Waals surface area contributed by atoms with E-state index in [0.717, 1.165) is 17.9 Å². The van der Waals surface area contributed by atoms with Crippen LogP contribution in [0.4, 0.5) is 0 Å². The highest BCUT2D eigenvalue weighted by molar-refractivity contribution is 5.24. The number of rotatable bonds is 7. The first kappa shape index (κ1) is 15.2. The van der Waals surface area contributed by atoms with Crippen LogP contribution in [0.2, 0.25) is 0 Å². The normalized spacial score (nSPS) is 14.5. The second-order valence-corrected chi connectivity index (χ2v) is 5.38. The quantitative estimate of drug-likeness (QED) is 0.783. The topological polar surface area (TPSA) is 24.9 Å². The van der Waals surface area contributed by atoms with Crippen LogP contribution >= 0.6 is 0 Å². The van der Waals surface area contributed by atoms with Crippen molar-refractivity contribution in [3.05, 3.63) is 29.1 Å². The van der Waals surface area contributed by atoms with Crippen molar-refractivity contribution in [3.8, 4) is 0 Å². The molecule has 2 unspecified atom stereocenters. The van der Waals surface area contributed by atoms with Crippen LogP contribution in [0.3, 0.4) is 0 Å². The molecule has 0 aromatic carbocycles. The first-order valence-corrected chi connectivity index (χ1v) is 7.27. The highest BCUT2D eigenvalue weighted by Crippen LogP contribution is 2.26. The molecule has 0 bridgehead atoms. The predicted molar refractivity (Wildman–Crippen MR) is 78.8 cm³/mol. The maximum absolute atomic E-state index is 4.47. The third kappa shape index (κ3) is 4.41. The molecule has 0 saturated carbocycles. The summed E-state index contributed by atoms with van der Waals surface area (Å²) in [7, 11) is 0. The largest absolute Gasteiger partial charge is 0.310 e. The van der Waals surface area contributed by atoms with Crippen LogP contribution < -0.4 is 5.32 Å². The van der Waals surface area contributed by atoms with Crippen molar-refractivity contribution in [2.45, 2.75) is 59.9 Å². The number of aryl methyl sites for hydroxylation is 2. The lowest BCUT2D eigenvalue weighted by Gasteiger charge is -2.26. The maximum atomic E-state index is 4.47. The Hall–Kier alpha value is -0.890. The Labute approximate surface area is 112 Å². The Morgan fingerprint density at radius 2 is 1.72 bits per heavy atom. The molecule has 0 saturated heterocycles. The summed E-state index contributed by atoms with van der Waals surface area (Å²) in [5.74, 6) is 0.669. The van der Waals surface area contributed by atoms with Gasteiger partial charge in [0.2, 0.25) is 0 Å². The van der Waals surface area contributed by atoms with Crippen LogP contribution in [-0.4, -0.2) is 11.5 Å². The lowest BCUT2D eigenvalue weighted by molar-refractivity contribution is 0.363. The van der Waals surface area contributed by atoms with E-state index in [1.54, 1.807) is 0 Å². The molecule has 1 aromatic rings. The molecule has 0 aliphatic carbocycles. The smallest absolute Gasteiger partial charge is 0.0379 e. The van der Waals surface area contributed by atoms with Crippen molar-refractivity contribution in [1.29, 1.82) is 0 Å². The molecule has 0 spiro atoms. The highest BCUT2D eigenvalue weighted by Gasteiger charge is 2.18. The summed E-state index contributed by atoms with van der Waals surface area (Å²) >= 11 is 0. The molecule has 2 nitrogen and oxygen atoms in total. The van der Waals surface area contributed by atoms with E-state index >= 15 is 0 Å². The molecular weight excluding hydrogens is 220 g/mol. The second-order valence-electron chi connectivity index (χ2n) is 5.38. The molecule has 1 rings (SSSR count). The maximum Gasteiger partial charge on any atom is 0.0379 e. The average Bonchev–Trinajstić information content (AvgIpc) is 2.28. The van der Waals surface area contributed by atoms with Crippen LogP contribution in [-0.2, 0) is 0 Å². The number of hydrogen-bond donors (Lipinski definition) is 1. The van der Waals surface area contributed by atoms with Crippen molar-refractivity contribution >= 4 is 0 Å². The molecule has 1 aromatic heterocycles. The summed E-state index contributed by atoms with van der Waals surface area (Å²) in [6.07, 6.45) is 3.69. The van der Waals surface area contributed by atoms with E-state index in [4.69, 9.17) is 0 Å². The number of nitrogens with zero attached hydrogens (tertiary/aromatic N) is 1. The van der Waals surface area contributed by atoms with E-state index < -0.39 is 0 Å². The summed E-state index contributed by atoms with van der Waals surface area (Å²) < 4.78 is 0. The average molecular weight is 248 g/mol. The van der Waals surface area contributed by atoms with E-state index in [1.165, 1.54) is 24.8 Å². The van der Waals surface area contributed by atoms with Crippen LogP contribution in [0.15, 0.2) is 12.1 Å². The van der Waals surface area contributed by atoms with Crippen molar-refractivity contribution in [2.24, 2.45) is 5.92 Å². The zero-order chi connectivity index (χ0) is 13.5. The molecule has 102 valence electrons. The molecule has 2 heteroatoms. The summed E-state index contributed by atoms with van der Waals surface area (Å²) in [5, 5.41) is 3.70. The van der Waals surface area contributed by atoms with Crippen molar-refractivity contribution in [1.82, 2.24) is 10.3 Å². The lowest BCUT2D eigenvalue weighted by Crippen LogP contribution is -2.28. The van der Waals surface area contributed by atoms with Gasteiger partial charge in [0.25, 0.3) is 0 Å². The van der Waals surface area contributed by atoms with Gasteiger partial charge in [-0.3, -0.25) is 4.98 Å². The summed E-state index contributed by atoms with van der Waals surface area (Å²) in [6.45, 7) is 12.1. The first-order valence-electron chi connectivity index (χ1n) is 7.27. The summed E-state index contributed by atoms with van der Waals surface area (Å²) in [4.78, 5) is 4.47. The second kappa shape index (κ2) is 7.52. The van der Waals surface area contributed by atoms with Gasteiger partial charge in [0.15, 0.2) is 0 Å². The molecule has 1 N–H and O–H groups in total. The SMILES string of the molecule is CCCNC(c1cc(C)nc(C)c1)C(C)CCC. The Bertz CT molecular complexity index is 340. The Morgan fingerprint density at radius 1 is 1.11 bits per heavy atom. The predicted octanol–water partition coefficient (Wildman–Crippen LogP) is 4.18. The van der Waals surface area contributed by atoms with Crippen LogP contribution in [0.1, 0.15) is 63.0 Å². The van der Waals surface area contributed by atoms with Crippen LogP contribution in [0, 0.1) is 19.8 Å². The Morgan fingerprint density at radius 3 is 2.22 bits per heavy atom. The van der Waals surface area contributed by atoms with Crippen molar-refractivity contribution in [2.75, 3.05) is 6.54 Å². The molecule has 0 amide bonds. The fourth-order valence-corrected chi connectivity index (χ4v) is 2.62. The first-order chi connectivity index (χ1) is 8.58. The minimum atomic E-state index is 0.463. The fraction of sp³-hybridized carbons (Fsp3) is 0.688. The number of hydrogen-bond acceptors (Lipinski definition) is 2. The minimum Gasteiger partial charge on any atom is -0.310 e. The summed E-state index contributed by atoms with van der Waals surface area (Å²) in [5.41, 5.74) is 3.64. The van der Waals surface area contributed by atoms with E-state index in [0.29, 0.717) is 12.0 Å². The van der Waals surface area contributed by atoms with Gasteiger partial charge in [-0.15, -0.1) is 0 Å². The third-order valence-electron chi connectivity index (χ3n) is 3.39. The molecule has 0 aliphatic rings. The number of aromatic nitrogens is 1. The van der Waals surface area contributed by atoms with E-state index in [9.17, 15) is 0 Å². The van der Waals surface area contributed by atoms with Gasteiger partial charge in [0, 0.05) is 17.4 Å². The Balaban J connectivity index is 2.92. The van der Waals surface area contributed by atoms with Crippen molar-refractivity contribution < 1.29 is 0 Å². The van der Waals surface area contributed by atoms with Gasteiger partial charge in [-0.25, -0.2) is 0 Å². The van der Waals surface area contributed by atoms with E-state index in [-0.39, 0.29) is 0 Å². The Kier molecular flexibility index (Phi) is 6.34. The molecule has 1 heterocycles. The number of pyridine rings is 1. The fourth-order valence-electron chi connectivity index (χ4n) is 2.62. The molecule has 0 radical (unpaired) electrons.